The van der Waals surface area contributed by atoms with Gasteiger partial charge < -0.3 is 19.8 Å². The molecule has 0 aliphatic carbocycles. The fraction of sp³-hybridized carbons (Fsp3) is 0.292. The van der Waals surface area contributed by atoms with E-state index in [-0.39, 0.29) is 36.9 Å². The molecule has 1 aromatic heterocycles. The van der Waals surface area contributed by atoms with Gasteiger partial charge in [0.15, 0.2) is 5.76 Å². The number of ether oxygens (including phenoxy) is 1. The van der Waals surface area contributed by atoms with Gasteiger partial charge in [-0.3, -0.25) is 4.79 Å². The fourth-order valence-corrected chi connectivity index (χ4v) is 3.88. The van der Waals surface area contributed by atoms with Crippen LogP contribution in [-0.4, -0.2) is 29.9 Å². The summed E-state index contributed by atoms with van der Waals surface area (Å²) in [5.41, 5.74) is 9.75. The van der Waals surface area contributed by atoms with Crippen LogP contribution in [0.15, 0.2) is 65.1 Å². The van der Waals surface area contributed by atoms with Crippen molar-refractivity contribution in [1.29, 1.82) is 0 Å². The molecule has 158 valence electrons. The van der Waals surface area contributed by atoms with Crippen molar-refractivity contribution in [3.05, 3.63) is 88.9 Å². The molecule has 3 aromatic rings. The van der Waals surface area contributed by atoms with Crippen LogP contribution in [0.1, 0.15) is 38.9 Å². The van der Waals surface area contributed by atoms with E-state index in [9.17, 15) is 4.79 Å². The lowest BCUT2D eigenvalue weighted by atomic mass is 9.95. The molecule has 6 heteroatoms. The van der Waals surface area contributed by atoms with Crippen molar-refractivity contribution in [3.63, 3.8) is 0 Å². The van der Waals surface area contributed by atoms with Gasteiger partial charge in [-0.15, -0.1) is 12.4 Å². The van der Waals surface area contributed by atoms with Gasteiger partial charge in [-0.05, 0) is 43.2 Å². The van der Waals surface area contributed by atoms with E-state index in [2.05, 4.69) is 18.2 Å². The molecule has 1 saturated heterocycles. The second-order valence-electron chi connectivity index (χ2n) is 7.71. The monoisotopic (exact) mass is 426 g/mol. The number of aryl methyl sites for hydroxylation is 2. The van der Waals surface area contributed by atoms with Crippen molar-refractivity contribution in [2.24, 2.45) is 5.73 Å². The second kappa shape index (κ2) is 9.37. The molecule has 0 bridgehead atoms. The maximum atomic E-state index is 12.9. The molecule has 2 heterocycles. The highest BCUT2D eigenvalue weighted by molar-refractivity contribution is 5.92. The Balaban J connectivity index is 0.00000256. The summed E-state index contributed by atoms with van der Waals surface area (Å²) in [5, 5.41) is 0. The van der Waals surface area contributed by atoms with E-state index in [1.54, 1.807) is 17.0 Å². The minimum atomic E-state index is -0.128. The highest BCUT2D eigenvalue weighted by Crippen LogP contribution is 2.28. The van der Waals surface area contributed by atoms with Crippen LogP contribution in [0.25, 0.3) is 0 Å². The summed E-state index contributed by atoms with van der Waals surface area (Å²) >= 11 is 0. The maximum absolute atomic E-state index is 12.9. The lowest BCUT2D eigenvalue weighted by Gasteiger charge is -2.15. The number of likely N-dealkylation sites (tertiary alicyclic amines) is 1. The van der Waals surface area contributed by atoms with E-state index in [1.807, 2.05) is 44.2 Å². The predicted molar refractivity (Wildman–Crippen MR) is 119 cm³/mol. The van der Waals surface area contributed by atoms with Gasteiger partial charge in [0.25, 0.3) is 5.91 Å². The van der Waals surface area contributed by atoms with Gasteiger partial charge in [-0.2, -0.15) is 0 Å². The summed E-state index contributed by atoms with van der Waals surface area (Å²) in [6.07, 6.45) is 0. The zero-order valence-corrected chi connectivity index (χ0v) is 18.0. The topological polar surface area (TPSA) is 68.7 Å². The molecule has 30 heavy (non-hydrogen) atoms. The van der Waals surface area contributed by atoms with Crippen molar-refractivity contribution in [2.45, 2.75) is 32.4 Å². The molecule has 0 spiro atoms. The van der Waals surface area contributed by atoms with Gasteiger partial charge in [-0.1, -0.05) is 48.0 Å². The average Bonchev–Trinajstić information content (AvgIpc) is 3.34. The van der Waals surface area contributed by atoms with E-state index in [0.717, 1.165) is 16.9 Å². The van der Waals surface area contributed by atoms with Crippen LogP contribution in [0.2, 0.25) is 0 Å². The molecular weight excluding hydrogens is 400 g/mol. The molecule has 1 amide bonds. The van der Waals surface area contributed by atoms with Gasteiger partial charge in [0.2, 0.25) is 0 Å². The second-order valence-corrected chi connectivity index (χ2v) is 7.71. The third kappa shape index (κ3) is 4.69. The Morgan fingerprint density at radius 1 is 1.10 bits per heavy atom. The predicted octanol–water partition coefficient (Wildman–Crippen LogP) is 4.46. The number of furan rings is 1. The molecule has 2 atom stereocenters. The molecule has 2 N–H and O–H groups in total. The number of benzene rings is 2. The van der Waals surface area contributed by atoms with Crippen LogP contribution in [0.4, 0.5) is 0 Å². The Morgan fingerprint density at radius 3 is 2.60 bits per heavy atom. The highest BCUT2D eigenvalue weighted by Gasteiger charge is 2.35. The van der Waals surface area contributed by atoms with Crippen molar-refractivity contribution in [1.82, 2.24) is 4.90 Å². The van der Waals surface area contributed by atoms with Crippen molar-refractivity contribution in [2.75, 3.05) is 13.1 Å². The first kappa shape index (κ1) is 21.9. The number of amides is 1. The summed E-state index contributed by atoms with van der Waals surface area (Å²) in [6, 6.07) is 19.6. The van der Waals surface area contributed by atoms with Gasteiger partial charge in [0.05, 0.1) is 0 Å². The first-order chi connectivity index (χ1) is 14.0. The number of rotatable bonds is 5. The van der Waals surface area contributed by atoms with Crippen LogP contribution in [-0.2, 0) is 6.61 Å². The largest absolute Gasteiger partial charge is 0.485 e. The molecule has 0 saturated carbocycles. The molecule has 1 fully saturated rings. The molecule has 4 rings (SSSR count). The van der Waals surface area contributed by atoms with Crippen molar-refractivity contribution < 1.29 is 13.9 Å². The first-order valence-corrected chi connectivity index (χ1v) is 9.90. The number of carbonyl (C=O) groups excluding carboxylic acids is 1. The number of hydrogen-bond acceptors (Lipinski definition) is 4. The molecule has 1 aliphatic rings. The van der Waals surface area contributed by atoms with Gasteiger partial charge >= 0.3 is 0 Å². The summed E-state index contributed by atoms with van der Waals surface area (Å²) in [6.45, 7) is 5.46. The number of carbonyl (C=O) groups is 1. The average molecular weight is 427 g/mol. The Kier molecular flexibility index (Phi) is 6.85. The standard InChI is InChI=1S/C24H26N2O3.ClH/c1-16-8-10-22(17(2)12-16)28-15-19-9-11-23(29-19)24(27)26-13-20(21(25)14-26)18-6-4-3-5-7-18;/h3-12,20-21H,13-15,25H2,1-2H3;1H/t20-,21+;/m0./s1. The maximum Gasteiger partial charge on any atom is 0.289 e. The summed E-state index contributed by atoms with van der Waals surface area (Å²) < 4.78 is 11.6. The van der Waals surface area contributed by atoms with E-state index in [0.29, 0.717) is 24.6 Å². The van der Waals surface area contributed by atoms with Crippen LogP contribution in [0, 0.1) is 13.8 Å². The van der Waals surface area contributed by atoms with Crippen LogP contribution in [0.5, 0.6) is 5.75 Å². The summed E-state index contributed by atoms with van der Waals surface area (Å²) in [4.78, 5) is 14.7. The van der Waals surface area contributed by atoms with Crippen LogP contribution < -0.4 is 10.5 Å². The van der Waals surface area contributed by atoms with E-state index in [1.165, 1.54) is 5.56 Å². The van der Waals surface area contributed by atoms with E-state index >= 15 is 0 Å². The highest BCUT2D eigenvalue weighted by atomic mass is 35.5. The Labute approximate surface area is 183 Å². The fourth-order valence-electron chi connectivity index (χ4n) is 3.88. The molecule has 1 aliphatic heterocycles. The van der Waals surface area contributed by atoms with Crippen molar-refractivity contribution >= 4 is 18.3 Å². The minimum Gasteiger partial charge on any atom is -0.485 e. The minimum absolute atomic E-state index is 0. The van der Waals surface area contributed by atoms with Gasteiger partial charge in [0.1, 0.15) is 18.1 Å². The molecule has 5 nitrogen and oxygen atoms in total. The first-order valence-electron chi connectivity index (χ1n) is 9.90. The van der Waals surface area contributed by atoms with E-state index < -0.39 is 0 Å². The molecule has 0 radical (unpaired) electrons. The number of nitrogens with zero attached hydrogens (tertiary/aromatic N) is 1. The Bertz CT molecular complexity index is 1000. The molecule has 0 unspecified atom stereocenters. The van der Waals surface area contributed by atoms with Crippen LogP contribution in [0.3, 0.4) is 0 Å². The van der Waals surface area contributed by atoms with E-state index in [4.69, 9.17) is 14.9 Å². The smallest absolute Gasteiger partial charge is 0.289 e. The van der Waals surface area contributed by atoms with Gasteiger partial charge in [0, 0.05) is 25.0 Å². The summed E-state index contributed by atoms with van der Waals surface area (Å²) in [5.74, 6) is 1.77. The SMILES string of the molecule is Cc1ccc(OCc2ccc(C(=O)N3C[C@@H](N)[C@H](c4ccccc4)C3)o2)c(C)c1.Cl. The normalized spacial score (nSPS) is 18.2. The van der Waals surface area contributed by atoms with Crippen LogP contribution >= 0.6 is 12.4 Å². The summed E-state index contributed by atoms with van der Waals surface area (Å²) in [7, 11) is 0. The Morgan fingerprint density at radius 2 is 1.87 bits per heavy atom. The number of halogens is 1. The zero-order chi connectivity index (χ0) is 20.4. The van der Waals surface area contributed by atoms with Crippen molar-refractivity contribution in [3.8, 4) is 5.75 Å². The third-order valence-corrected chi connectivity index (χ3v) is 5.45. The van der Waals surface area contributed by atoms with Gasteiger partial charge in [-0.25, -0.2) is 0 Å². The quantitative estimate of drug-likeness (QED) is 0.653. The molecule has 2 aromatic carbocycles. The lowest BCUT2D eigenvalue weighted by molar-refractivity contribution is 0.0753. The lowest BCUT2D eigenvalue weighted by Crippen LogP contribution is -2.32. The number of nitrogens with two attached hydrogens (primary N) is 1. The number of hydrogen-bond donors (Lipinski definition) is 1. The third-order valence-electron chi connectivity index (χ3n) is 5.45. The Hall–Kier alpha value is -2.76. The zero-order valence-electron chi connectivity index (χ0n) is 17.2. The molecular formula is C24H27ClN2O3.